The third kappa shape index (κ3) is 1.32. The van der Waals surface area contributed by atoms with Gasteiger partial charge in [0.15, 0.2) is 0 Å². The van der Waals surface area contributed by atoms with E-state index >= 15 is 0 Å². The Bertz CT molecular complexity index is 112. The molecule has 0 aromatic carbocycles. The summed E-state index contributed by atoms with van der Waals surface area (Å²) in [5.74, 6) is 0. The van der Waals surface area contributed by atoms with Crippen molar-refractivity contribution < 1.29 is 9.63 Å². The van der Waals surface area contributed by atoms with E-state index in [0.717, 1.165) is 19.5 Å². The van der Waals surface area contributed by atoms with Crippen LogP contribution in [0.15, 0.2) is 0 Å². The average Bonchev–Trinajstić information content (AvgIpc) is 1.60. The van der Waals surface area contributed by atoms with E-state index in [4.69, 9.17) is 0 Å². The predicted octanol–water partition coefficient (Wildman–Crippen LogP) is -0.0369. The maximum Gasteiger partial charge on any atom is 0.341 e. The zero-order chi connectivity index (χ0) is 6.69. The van der Waals surface area contributed by atoms with E-state index in [9.17, 15) is 4.79 Å². The van der Waals surface area contributed by atoms with Gasteiger partial charge in [-0.15, -0.1) is 0 Å². The fraction of sp³-hybridized carbons (Fsp3) is 0.800. The van der Waals surface area contributed by atoms with Gasteiger partial charge in [-0.05, 0) is 6.42 Å². The van der Waals surface area contributed by atoms with E-state index < -0.39 is 0 Å². The first-order valence-electron chi connectivity index (χ1n) is 2.92. The van der Waals surface area contributed by atoms with Gasteiger partial charge >= 0.3 is 6.03 Å². The van der Waals surface area contributed by atoms with Crippen LogP contribution >= 0.6 is 0 Å². The molecule has 1 rings (SSSR count). The molecule has 9 heavy (non-hydrogen) atoms. The van der Waals surface area contributed by atoms with Crippen molar-refractivity contribution in [2.75, 3.05) is 20.2 Å². The molecule has 0 aromatic heterocycles. The second-order valence-corrected chi connectivity index (χ2v) is 1.95. The maximum atomic E-state index is 10.7. The van der Waals surface area contributed by atoms with Gasteiger partial charge in [-0.25, -0.2) is 10.3 Å². The molecule has 1 aliphatic rings. The van der Waals surface area contributed by atoms with E-state index in [1.54, 1.807) is 4.90 Å². The van der Waals surface area contributed by atoms with E-state index in [-0.39, 0.29) is 6.03 Å². The summed E-state index contributed by atoms with van der Waals surface area (Å²) in [6, 6.07) is -0.135. The lowest BCUT2D eigenvalue weighted by atomic mass is 10.2. The lowest BCUT2D eigenvalue weighted by Gasteiger charge is -2.29. The second-order valence-electron chi connectivity index (χ2n) is 1.95. The van der Waals surface area contributed by atoms with E-state index in [1.807, 2.05) is 0 Å². The molecule has 0 bridgehead atoms. The molecule has 0 radical (unpaired) electrons. The van der Waals surface area contributed by atoms with E-state index in [0.29, 0.717) is 0 Å². The van der Waals surface area contributed by atoms with Gasteiger partial charge in [-0.2, -0.15) is 0 Å². The fourth-order valence-electron chi connectivity index (χ4n) is 0.671. The number of carbonyl (C=O) groups is 1. The fourth-order valence-corrected chi connectivity index (χ4v) is 0.671. The summed E-state index contributed by atoms with van der Waals surface area (Å²) in [6.07, 6.45) is 1.11. The summed E-state index contributed by atoms with van der Waals surface area (Å²) < 4.78 is 0. The molecule has 0 aliphatic carbocycles. The number of amides is 2. The predicted molar refractivity (Wildman–Crippen MR) is 31.7 cm³/mol. The lowest BCUT2D eigenvalue weighted by Crippen LogP contribution is -2.47. The van der Waals surface area contributed by atoms with Crippen molar-refractivity contribution in [3.05, 3.63) is 0 Å². The van der Waals surface area contributed by atoms with Crippen molar-refractivity contribution in [3.63, 3.8) is 0 Å². The lowest BCUT2D eigenvalue weighted by molar-refractivity contribution is 0.0750. The normalized spacial score (nSPS) is 16.8. The molecular formula is C5H10N2O2. The van der Waals surface area contributed by atoms with Crippen LogP contribution in [0.3, 0.4) is 0 Å². The number of nitrogens with zero attached hydrogens (tertiary/aromatic N) is 1. The first-order valence-corrected chi connectivity index (χ1v) is 2.92. The smallest absolute Gasteiger partial charge is 0.323 e. The number of likely N-dealkylation sites (tertiary alicyclic amines) is 1. The summed E-state index contributed by atoms with van der Waals surface area (Å²) in [4.78, 5) is 16.8. The van der Waals surface area contributed by atoms with Crippen LogP contribution in [0.4, 0.5) is 4.79 Å². The van der Waals surface area contributed by atoms with Crippen LogP contribution in [0.2, 0.25) is 0 Å². The highest BCUT2D eigenvalue weighted by Gasteiger charge is 2.19. The van der Waals surface area contributed by atoms with Gasteiger partial charge in [-0.3, -0.25) is 4.84 Å². The van der Waals surface area contributed by atoms with Gasteiger partial charge in [-0.1, -0.05) is 0 Å². The molecule has 1 aliphatic heterocycles. The Hall–Kier alpha value is -0.770. The Labute approximate surface area is 53.7 Å². The molecule has 0 spiro atoms. The van der Waals surface area contributed by atoms with Crippen LogP contribution in [0.1, 0.15) is 6.42 Å². The zero-order valence-electron chi connectivity index (χ0n) is 5.39. The minimum Gasteiger partial charge on any atom is -0.323 e. The highest BCUT2D eigenvalue weighted by molar-refractivity contribution is 5.73. The molecule has 1 saturated heterocycles. The summed E-state index contributed by atoms with van der Waals surface area (Å²) in [5.41, 5.74) is 2.23. The maximum absolute atomic E-state index is 10.7. The Morgan fingerprint density at radius 1 is 1.67 bits per heavy atom. The van der Waals surface area contributed by atoms with Gasteiger partial charge in [0, 0.05) is 13.1 Å². The highest BCUT2D eigenvalue weighted by Crippen LogP contribution is 2.04. The Morgan fingerprint density at radius 3 is 2.67 bits per heavy atom. The average molecular weight is 130 g/mol. The molecule has 0 aromatic rings. The molecule has 0 atom stereocenters. The number of hydrogen-bond donors (Lipinski definition) is 1. The van der Waals surface area contributed by atoms with Crippen molar-refractivity contribution >= 4 is 6.03 Å². The minimum absolute atomic E-state index is 0.135. The number of hydroxylamine groups is 1. The molecule has 2 amide bonds. The number of carbonyl (C=O) groups excluding carboxylic acids is 1. The largest absolute Gasteiger partial charge is 0.341 e. The van der Waals surface area contributed by atoms with Crippen LogP contribution in [0.5, 0.6) is 0 Å². The molecule has 0 unspecified atom stereocenters. The summed E-state index contributed by atoms with van der Waals surface area (Å²) >= 11 is 0. The third-order valence-corrected chi connectivity index (χ3v) is 1.33. The van der Waals surface area contributed by atoms with Gasteiger partial charge in [0.2, 0.25) is 0 Å². The van der Waals surface area contributed by atoms with Gasteiger partial charge < -0.3 is 4.90 Å². The minimum atomic E-state index is -0.135. The van der Waals surface area contributed by atoms with Crippen molar-refractivity contribution in [1.82, 2.24) is 10.4 Å². The first-order chi connectivity index (χ1) is 4.34. The second kappa shape index (κ2) is 2.68. The van der Waals surface area contributed by atoms with Crippen molar-refractivity contribution in [1.29, 1.82) is 0 Å². The molecule has 1 heterocycles. The summed E-state index contributed by atoms with van der Waals surface area (Å²) in [5, 5.41) is 0. The third-order valence-electron chi connectivity index (χ3n) is 1.33. The van der Waals surface area contributed by atoms with E-state index in [1.165, 1.54) is 7.11 Å². The van der Waals surface area contributed by atoms with Crippen molar-refractivity contribution in [3.8, 4) is 0 Å². The standard InChI is InChI=1S/C5H10N2O2/c1-9-6-5(8)7-3-2-4-7/h2-4H2,1H3,(H,6,8). The summed E-state index contributed by atoms with van der Waals surface area (Å²) in [7, 11) is 1.43. The Balaban J connectivity index is 2.16. The Morgan fingerprint density at radius 2 is 2.33 bits per heavy atom. The van der Waals surface area contributed by atoms with Crippen molar-refractivity contribution in [2.24, 2.45) is 0 Å². The number of urea groups is 1. The molecule has 4 heteroatoms. The monoisotopic (exact) mass is 130 g/mol. The molecule has 1 N–H and O–H groups in total. The van der Waals surface area contributed by atoms with Crippen molar-refractivity contribution in [2.45, 2.75) is 6.42 Å². The first kappa shape index (κ1) is 6.35. The Kier molecular flexibility index (Phi) is 1.89. The summed E-state index contributed by atoms with van der Waals surface area (Å²) in [6.45, 7) is 1.71. The van der Waals surface area contributed by atoms with Crippen LogP contribution in [0, 0.1) is 0 Å². The van der Waals surface area contributed by atoms with Gasteiger partial charge in [0.1, 0.15) is 0 Å². The SMILES string of the molecule is CONC(=O)N1CCC1. The van der Waals surface area contributed by atoms with Gasteiger partial charge in [0.25, 0.3) is 0 Å². The quantitative estimate of drug-likeness (QED) is 0.506. The molecular weight excluding hydrogens is 120 g/mol. The number of rotatable bonds is 1. The van der Waals surface area contributed by atoms with Crippen LogP contribution in [-0.2, 0) is 4.84 Å². The molecule has 1 fully saturated rings. The highest BCUT2D eigenvalue weighted by atomic mass is 16.6. The number of nitrogens with one attached hydrogen (secondary N) is 1. The molecule has 0 saturated carbocycles. The molecule has 52 valence electrons. The topological polar surface area (TPSA) is 41.6 Å². The molecule has 4 nitrogen and oxygen atoms in total. The van der Waals surface area contributed by atoms with E-state index in [2.05, 4.69) is 10.3 Å². The zero-order valence-corrected chi connectivity index (χ0v) is 5.39. The number of hydrogen-bond acceptors (Lipinski definition) is 2. The van der Waals surface area contributed by atoms with Crippen LogP contribution in [-0.4, -0.2) is 31.1 Å². The van der Waals surface area contributed by atoms with Crippen LogP contribution in [0.25, 0.3) is 0 Å². The van der Waals surface area contributed by atoms with Gasteiger partial charge in [0.05, 0.1) is 7.11 Å². The van der Waals surface area contributed by atoms with Crippen LogP contribution < -0.4 is 5.48 Å².